The van der Waals surface area contributed by atoms with Gasteiger partial charge >= 0.3 is 0 Å². The fraction of sp³-hybridized carbons (Fsp3) is 0.217. The Hall–Kier alpha value is -2.41. The van der Waals surface area contributed by atoms with E-state index in [1.54, 1.807) is 30.0 Å². The minimum atomic E-state index is -3.80. The van der Waals surface area contributed by atoms with Gasteiger partial charge in [0.2, 0.25) is 0 Å². The van der Waals surface area contributed by atoms with Crippen LogP contribution in [0, 0.1) is 6.92 Å². The summed E-state index contributed by atoms with van der Waals surface area (Å²) in [5.41, 5.74) is 3.16. The van der Waals surface area contributed by atoms with E-state index in [4.69, 9.17) is 23.2 Å². The zero-order chi connectivity index (χ0) is 22.2. The summed E-state index contributed by atoms with van der Waals surface area (Å²) < 4.78 is 25.9. The number of sulfone groups is 1. The summed E-state index contributed by atoms with van der Waals surface area (Å²) >= 11 is 12.3. The molecule has 2 aromatic carbocycles. The van der Waals surface area contributed by atoms with E-state index in [0.29, 0.717) is 17.1 Å². The molecule has 0 saturated heterocycles. The first-order chi connectivity index (χ1) is 14.8. The second-order valence-electron chi connectivity index (χ2n) is 7.49. The zero-order valence-electron chi connectivity index (χ0n) is 16.8. The van der Waals surface area contributed by atoms with E-state index in [9.17, 15) is 13.2 Å². The molecular formula is C23H20Cl2N2O3S. The smallest absolute Gasteiger partial charge is 0.276 e. The van der Waals surface area contributed by atoms with E-state index < -0.39 is 9.84 Å². The summed E-state index contributed by atoms with van der Waals surface area (Å²) in [6.45, 7) is 2.34. The largest absolute Gasteiger partial charge is 0.307 e. The maximum Gasteiger partial charge on any atom is 0.276 e. The molecule has 4 rings (SSSR count). The number of hydrogen-bond donors (Lipinski definition) is 0. The SMILES string of the molecule is Cc1cc(Cl)c(S(=O)(=O)Cc2cccc(C(=O)N3CCCc4ccccc43)n2)cc1Cl. The molecular weight excluding hydrogens is 455 g/mol. The van der Waals surface area contributed by atoms with Gasteiger partial charge in [0.1, 0.15) is 5.69 Å². The van der Waals surface area contributed by atoms with Crippen LogP contribution in [-0.4, -0.2) is 25.9 Å². The summed E-state index contributed by atoms with van der Waals surface area (Å²) in [6.07, 6.45) is 1.79. The molecule has 0 fully saturated rings. The van der Waals surface area contributed by atoms with E-state index in [0.717, 1.165) is 24.1 Å². The fourth-order valence-corrected chi connectivity index (χ4v) is 5.86. The molecule has 0 radical (unpaired) electrons. The van der Waals surface area contributed by atoms with Crippen molar-refractivity contribution in [3.63, 3.8) is 0 Å². The molecule has 31 heavy (non-hydrogen) atoms. The maximum atomic E-state index is 13.2. The maximum absolute atomic E-state index is 13.2. The number of benzene rings is 2. The number of amides is 1. The van der Waals surface area contributed by atoms with Gasteiger partial charge in [0.15, 0.2) is 9.84 Å². The molecule has 0 unspecified atom stereocenters. The third kappa shape index (κ3) is 4.47. The third-order valence-electron chi connectivity index (χ3n) is 5.27. The van der Waals surface area contributed by atoms with E-state index in [1.165, 1.54) is 12.1 Å². The Morgan fingerprint density at radius 3 is 2.65 bits per heavy atom. The number of hydrogen-bond acceptors (Lipinski definition) is 4. The van der Waals surface area contributed by atoms with Crippen LogP contribution in [0.4, 0.5) is 5.69 Å². The molecule has 5 nitrogen and oxygen atoms in total. The Morgan fingerprint density at radius 1 is 1.06 bits per heavy atom. The Balaban J connectivity index is 1.62. The number of carbonyl (C=O) groups is 1. The van der Waals surface area contributed by atoms with Gasteiger partial charge in [0.05, 0.1) is 21.4 Å². The highest BCUT2D eigenvalue weighted by Crippen LogP contribution is 2.31. The zero-order valence-corrected chi connectivity index (χ0v) is 19.1. The Bertz CT molecular complexity index is 1280. The lowest BCUT2D eigenvalue weighted by molar-refractivity contribution is 0.0980. The van der Waals surface area contributed by atoms with Crippen LogP contribution in [0.2, 0.25) is 10.0 Å². The molecule has 0 N–H and O–H groups in total. The first kappa shape index (κ1) is 21.8. The monoisotopic (exact) mass is 474 g/mol. The number of fused-ring (bicyclic) bond motifs is 1. The number of para-hydroxylation sites is 1. The van der Waals surface area contributed by atoms with Gasteiger partial charge in [-0.3, -0.25) is 4.79 Å². The lowest BCUT2D eigenvalue weighted by Crippen LogP contribution is -2.36. The average molecular weight is 475 g/mol. The number of aryl methyl sites for hydroxylation is 2. The van der Waals surface area contributed by atoms with Crippen molar-refractivity contribution in [2.24, 2.45) is 0 Å². The van der Waals surface area contributed by atoms with Gasteiger partial charge in [0, 0.05) is 17.3 Å². The second kappa shape index (κ2) is 8.61. The highest BCUT2D eigenvalue weighted by atomic mass is 35.5. The first-order valence-corrected chi connectivity index (χ1v) is 12.2. The normalized spacial score (nSPS) is 13.7. The van der Waals surface area contributed by atoms with Crippen LogP contribution in [-0.2, 0) is 22.0 Å². The van der Waals surface area contributed by atoms with Crippen LogP contribution < -0.4 is 4.90 Å². The van der Waals surface area contributed by atoms with Gasteiger partial charge in [-0.2, -0.15) is 0 Å². The van der Waals surface area contributed by atoms with Gasteiger partial charge < -0.3 is 4.90 Å². The summed E-state index contributed by atoms with van der Waals surface area (Å²) in [5, 5.41) is 0.433. The topological polar surface area (TPSA) is 67.3 Å². The number of nitrogens with zero attached hydrogens (tertiary/aromatic N) is 2. The van der Waals surface area contributed by atoms with Crippen molar-refractivity contribution in [1.29, 1.82) is 0 Å². The van der Waals surface area contributed by atoms with E-state index in [2.05, 4.69) is 4.98 Å². The molecule has 8 heteroatoms. The van der Waals surface area contributed by atoms with Crippen LogP contribution in [0.3, 0.4) is 0 Å². The van der Waals surface area contributed by atoms with Crippen molar-refractivity contribution in [3.8, 4) is 0 Å². The van der Waals surface area contributed by atoms with Crippen molar-refractivity contribution >= 4 is 44.6 Å². The lowest BCUT2D eigenvalue weighted by Gasteiger charge is -2.29. The third-order valence-corrected chi connectivity index (χ3v) is 7.78. The number of pyridine rings is 1. The molecule has 0 atom stereocenters. The van der Waals surface area contributed by atoms with Crippen molar-refractivity contribution in [3.05, 3.63) is 87.2 Å². The molecule has 0 bridgehead atoms. The molecule has 2 heterocycles. The summed E-state index contributed by atoms with van der Waals surface area (Å²) in [5.74, 6) is -0.632. The van der Waals surface area contributed by atoms with E-state index in [1.807, 2.05) is 24.3 Å². The van der Waals surface area contributed by atoms with Crippen LogP contribution in [0.1, 0.15) is 33.7 Å². The van der Waals surface area contributed by atoms with Crippen molar-refractivity contribution < 1.29 is 13.2 Å². The van der Waals surface area contributed by atoms with Crippen molar-refractivity contribution in [2.75, 3.05) is 11.4 Å². The molecule has 1 aliphatic heterocycles. The molecule has 160 valence electrons. The Labute approximate surface area is 191 Å². The Morgan fingerprint density at radius 2 is 1.84 bits per heavy atom. The molecule has 0 spiro atoms. The lowest BCUT2D eigenvalue weighted by atomic mass is 10.0. The summed E-state index contributed by atoms with van der Waals surface area (Å²) in [6, 6.07) is 15.5. The highest BCUT2D eigenvalue weighted by molar-refractivity contribution is 7.90. The molecule has 3 aromatic rings. The predicted octanol–water partition coefficient (Wildman–Crippen LogP) is 5.26. The van der Waals surface area contributed by atoms with Crippen molar-refractivity contribution in [2.45, 2.75) is 30.4 Å². The minimum Gasteiger partial charge on any atom is -0.307 e. The molecule has 1 amide bonds. The molecule has 0 aliphatic carbocycles. The highest BCUT2D eigenvalue weighted by Gasteiger charge is 2.25. The fourth-order valence-electron chi connectivity index (χ4n) is 3.70. The standard InChI is InChI=1S/C23H20Cl2N2O3S/c1-15-12-19(25)22(13-18(15)24)31(29,30)14-17-8-4-9-20(26-17)23(28)27-11-5-7-16-6-2-3-10-21(16)27/h2-4,6,8-10,12-13H,5,7,11,14H2,1H3. The second-order valence-corrected chi connectivity index (χ2v) is 10.3. The number of halogens is 2. The van der Waals surface area contributed by atoms with Crippen molar-refractivity contribution in [1.82, 2.24) is 4.98 Å². The summed E-state index contributed by atoms with van der Waals surface area (Å²) in [4.78, 5) is 19.2. The summed E-state index contributed by atoms with van der Waals surface area (Å²) in [7, 11) is -3.80. The van der Waals surface area contributed by atoms with Crippen LogP contribution in [0.5, 0.6) is 0 Å². The van der Waals surface area contributed by atoms with Crippen LogP contribution >= 0.6 is 23.2 Å². The minimum absolute atomic E-state index is 0.0479. The van der Waals surface area contributed by atoms with Gasteiger partial charge in [-0.25, -0.2) is 13.4 Å². The van der Waals surface area contributed by atoms with Gasteiger partial charge in [-0.05, 0) is 61.2 Å². The van der Waals surface area contributed by atoms with Crippen LogP contribution in [0.25, 0.3) is 0 Å². The van der Waals surface area contributed by atoms with Crippen LogP contribution in [0.15, 0.2) is 59.5 Å². The van der Waals surface area contributed by atoms with E-state index in [-0.39, 0.29) is 33.0 Å². The molecule has 1 aromatic heterocycles. The van der Waals surface area contributed by atoms with E-state index >= 15 is 0 Å². The number of rotatable bonds is 4. The van der Waals surface area contributed by atoms with Gasteiger partial charge in [0.25, 0.3) is 5.91 Å². The molecule has 0 saturated carbocycles. The predicted molar refractivity (Wildman–Crippen MR) is 123 cm³/mol. The number of carbonyl (C=O) groups excluding carboxylic acids is 1. The number of aromatic nitrogens is 1. The van der Waals surface area contributed by atoms with Gasteiger partial charge in [-0.15, -0.1) is 0 Å². The number of anilines is 1. The van der Waals surface area contributed by atoms with Gasteiger partial charge in [-0.1, -0.05) is 47.5 Å². The Kier molecular flexibility index (Phi) is 6.06. The molecule has 1 aliphatic rings. The first-order valence-electron chi connectivity index (χ1n) is 9.80. The quantitative estimate of drug-likeness (QED) is 0.516. The average Bonchev–Trinajstić information content (AvgIpc) is 2.75.